The largest absolute Gasteiger partial charge is 0.497 e. The van der Waals surface area contributed by atoms with E-state index in [2.05, 4.69) is 10.3 Å². The molecule has 0 aliphatic rings. The average Bonchev–Trinajstić information content (AvgIpc) is 2.36. The van der Waals surface area contributed by atoms with Crippen molar-refractivity contribution in [2.45, 2.75) is 12.8 Å². The average molecular weight is 237 g/mol. The first-order valence-corrected chi connectivity index (χ1v) is 5.16. The van der Waals surface area contributed by atoms with Crippen molar-refractivity contribution in [3.05, 3.63) is 29.8 Å². The minimum atomic E-state index is -0.316. The molecule has 1 aromatic rings. The minimum Gasteiger partial charge on any atom is -0.497 e. The number of benzene rings is 1. The lowest BCUT2D eigenvalue weighted by Crippen LogP contribution is -2.22. The van der Waals surface area contributed by atoms with Crippen LogP contribution in [0.1, 0.15) is 23.2 Å². The van der Waals surface area contributed by atoms with Crippen molar-refractivity contribution < 1.29 is 19.2 Å². The van der Waals surface area contributed by atoms with E-state index in [1.54, 1.807) is 24.3 Å². The molecule has 0 aromatic heterocycles. The van der Waals surface area contributed by atoms with Crippen LogP contribution in [0.15, 0.2) is 24.3 Å². The second kappa shape index (κ2) is 6.65. The number of hydrogen-bond acceptors (Lipinski definition) is 4. The number of ether oxygens (including phenoxy) is 1. The van der Waals surface area contributed by atoms with Gasteiger partial charge in [-0.15, -0.1) is 0 Å². The second-order valence-corrected chi connectivity index (χ2v) is 3.38. The molecule has 5 heteroatoms. The number of carbonyl (C=O) groups is 2. The van der Waals surface area contributed by atoms with Crippen LogP contribution in [0.2, 0.25) is 0 Å². The SMILES string of the molecule is CONC(=O)CCC(=O)c1cccc(OC)c1. The van der Waals surface area contributed by atoms with Crippen LogP contribution < -0.4 is 10.2 Å². The van der Waals surface area contributed by atoms with Gasteiger partial charge < -0.3 is 4.74 Å². The van der Waals surface area contributed by atoms with Gasteiger partial charge in [0.2, 0.25) is 5.91 Å². The maximum absolute atomic E-state index is 11.7. The van der Waals surface area contributed by atoms with Crippen LogP contribution in [0.5, 0.6) is 5.75 Å². The Morgan fingerprint density at radius 1 is 1.24 bits per heavy atom. The molecule has 1 rings (SSSR count). The predicted molar refractivity (Wildman–Crippen MR) is 61.7 cm³/mol. The fourth-order valence-electron chi connectivity index (χ4n) is 1.33. The third kappa shape index (κ3) is 4.24. The molecule has 0 spiro atoms. The molecular weight excluding hydrogens is 222 g/mol. The van der Waals surface area contributed by atoms with Gasteiger partial charge in [-0.3, -0.25) is 14.4 Å². The zero-order valence-corrected chi connectivity index (χ0v) is 9.86. The first-order valence-electron chi connectivity index (χ1n) is 5.16. The number of amides is 1. The summed E-state index contributed by atoms with van der Waals surface area (Å²) in [6.45, 7) is 0. The van der Waals surface area contributed by atoms with Gasteiger partial charge in [-0.25, -0.2) is 5.48 Å². The second-order valence-electron chi connectivity index (χ2n) is 3.38. The molecule has 0 heterocycles. The molecule has 0 radical (unpaired) electrons. The number of carbonyl (C=O) groups excluding carboxylic acids is 2. The smallest absolute Gasteiger partial charge is 0.243 e. The van der Waals surface area contributed by atoms with Crippen molar-refractivity contribution in [1.82, 2.24) is 5.48 Å². The summed E-state index contributed by atoms with van der Waals surface area (Å²) in [5.41, 5.74) is 2.70. The Labute approximate surface area is 99.7 Å². The Balaban J connectivity index is 2.54. The monoisotopic (exact) mass is 237 g/mol. The van der Waals surface area contributed by atoms with Crippen LogP contribution in [0, 0.1) is 0 Å². The Kier molecular flexibility index (Phi) is 5.16. The van der Waals surface area contributed by atoms with E-state index in [1.165, 1.54) is 14.2 Å². The number of ketones is 1. The molecule has 0 unspecified atom stereocenters. The Morgan fingerprint density at radius 2 is 2.00 bits per heavy atom. The number of rotatable bonds is 6. The van der Waals surface area contributed by atoms with Crippen LogP contribution in [0.25, 0.3) is 0 Å². The molecule has 0 bridgehead atoms. The number of nitrogens with one attached hydrogen (secondary N) is 1. The number of hydrogen-bond donors (Lipinski definition) is 1. The lowest BCUT2D eigenvalue weighted by atomic mass is 10.1. The Morgan fingerprint density at radius 3 is 2.65 bits per heavy atom. The van der Waals surface area contributed by atoms with Gasteiger partial charge in [0.05, 0.1) is 14.2 Å². The molecule has 17 heavy (non-hydrogen) atoms. The van der Waals surface area contributed by atoms with E-state index in [0.29, 0.717) is 11.3 Å². The van der Waals surface area contributed by atoms with Gasteiger partial charge >= 0.3 is 0 Å². The van der Waals surface area contributed by atoms with Crippen molar-refractivity contribution in [2.75, 3.05) is 14.2 Å². The van der Waals surface area contributed by atoms with Gasteiger partial charge in [-0.2, -0.15) is 0 Å². The molecule has 1 amide bonds. The number of hydroxylamine groups is 1. The lowest BCUT2D eigenvalue weighted by Gasteiger charge is -2.04. The van der Waals surface area contributed by atoms with Crippen LogP contribution in [0.3, 0.4) is 0 Å². The third-order valence-corrected chi connectivity index (χ3v) is 2.19. The van der Waals surface area contributed by atoms with Crippen molar-refractivity contribution >= 4 is 11.7 Å². The molecule has 92 valence electrons. The molecule has 0 saturated heterocycles. The molecular formula is C12H15NO4. The van der Waals surface area contributed by atoms with Crippen molar-refractivity contribution in [2.24, 2.45) is 0 Å². The van der Waals surface area contributed by atoms with E-state index in [0.717, 1.165) is 0 Å². The van der Waals surface area contributed by atoms with E-state index >= 15 is 0 Å². The zero-order chi connectivity index (χ0) is 12.7. The highest BCUT2D eigenvalue weighted by atomic mass is 16.6. The lowest BCUT2D eigenvalue weighted by molar-refractivity contribution is -0.131. The quantitative estimate of drug-likeness (QED) is 0.599. The third-order valence-electron chi connectivity index (χ3n) is 2.19. The molecule has 0 saturated carbocycles. The Hall–Kier alpha value is -1.88. The summed E-state index contributed by atoms with van der Waals surface area (Å²) in [6.07, 6.45) is 0.242. The molecule has 1 aromatic carbocycles. The van der Waals surface area contributed by atoms with Gasteiger partial charge in [-0.05, 0) is 12.1 Å². The topological polar surface area (TPSA) is 64.6 Å². The summed E-state index contributed by atoms with van der Waals surface area (Å²) in [4.78, 5) is 27.3. The fourth-order valence-corrected chi connectivity index (χ4v) is 1.33. The van der Waals surface area contributed by atoms with Crippen LogP contribution in [-0.2, 0) is 9.63 Å². The molecule has 0 aliphatic heterocycles. The van der Waals surface area contributed by atoms with Crippen molar-refractivity contribution in [1.29, 1.82) is 0 Å². The molecule has 0 fully saturated rings. The molecule has 0 aliphatic carbocycles. The maximum Gasteiger partial charge on any atom is 0.243 e. The van der Waals surface area contributed by atoms with E-state index in [1.807, 2.05) is 0 Å². The summed E-state index contributed by atoms with van der Waals surface area (Å²) >= 11 is 0. The highest BCUT2D eigenvalue weighted by Crippen LogP contribution is 2.14. The Bertz CT molecular complexity index is 403. The first kappa shape index (κ1) is 13.2. The summed E-state index contributed by atoms with van der Waals surface area (Å²) in [5.74, 6) is 0.205. The molecule has 5 nitrogen and oxygen atoms in total. The standard InChI is InChI=1S/C12H15NO4/c1-16-10-5-3-4-9(8-10)11(14)6-7-12(15)13-17-2/h3-5,8H,6-7H2,1-2H3,(H,13,15). The first-order chi connectivity index (χ1) is 8.17. The van der Waals surface area contributed by atoms with E-state index < -0.39 is 0 Å². The van der Waals surface area contributed by atoms with Crippen LogP contribution >= 0.6 is 0 Å². The van der Waals surface area contributed by atoms with Crippen molar-refractivity contribution in [3.8, 4) is 5.75 Å². The number of methoxy groups -OCH3 is 1. The molecule has 1 N–H and O–H groups in total. The summed E-state index contributed by atoms with van der Waals surface area (Å²) in [6, 6.07) is 6.84. The van der Waals surface area contributed by atoms with E-state index in [9.17, 15) is 9.59 Å². The maximum atomic E-state index is 11.7. The highest BCUT2D eigenvalue weighted by Gasteiger charge is 2.09. The van der Waals surface area contributed by atoms with Crippen molar-refractivity contribution in [3.63, 3.8) is 0 Å². The van der Waals surface area contributed by atoms with Gasteiger partial charge in [0.15, 0.2) is 5.78 Å². The predicted octanol–water partition coefficient (Wildman–Crippen LogP) is 1.34. The van der Waals surface area contributed by atoms with Crippen LogP contribution in [-0.4, -0.2) is 25.9 Å². The summed E-state index contributed by atoms with van der Waals surface area (Å²) in [7, 11) is 2.89. The van der Waals surface area contributed by atoms with Gasteiger partial charge in [0.1, 0.15) is 5.75 Å². The van der Waals surface area contributed by atoms with E-state index in [-0.39, 0.29) is 24.5 Å². The van der Waals surface area contributed by atoms with Gasteiger partial charge in [0, 0.05) is 18.4 Å². The fraction of sp³-hybridized carbons (Fsp3) is 0.333. The van der Waals surface area contributed by atoms with E-state index in [4.69, 9.17) is 4.74 Å². The molecule has 0 atom stereocenters. The van der Waals surface area contributed by atoms with Gasteiger partial charge in [-0.1, -0.05) is 12.1 Å². The zero-order valence-electron chi connectivity index (χ0n) is 9.86. The van der Waals surface area contributed by atoms with Gasteiger partial charge in [0.25, 0.3) is 0 Å². The minimum absolute atomic E-state index is 0.101. The number of Topliss-reactive ketones (excluding diaryl/α,β-unsaturated/α-hetero) is 1. The summed E-state index contributed by atoms with van der Waals surface area (Å²) in [5, 5.41) is 0. The normalized spacial score (nSPS) is 9.76. The highest BCUT2D eigenvalue weighted by molar-refractivity contribution is 5.98. The summed E-state index contributed by atoms with van der Waals surface area (Å²) < 4.78 is 5.02. The van der Waals surface area contributed by atoms with Crippen LogP contribution in [0.4, 0.5) is 0 Å².